The number of nitrogens with zero attached hydrogens (tertiary/aromatic N) is 5. The third kappa shape index (κ3) is 3.20. The maximum atomic E-state index is 11.9. The Kier molecular flexibility index (Phi) is 3.58. The van der Waals surface area contributed by atoms with Crippen molar-refractivity contribution in [2.75, 3.05) is 5.32 Å². The lowest BCUT2D eigenvalue weighted by atomic mass is 10.0. The molecule has 0 saturated heterocycles. The molecule has 0 aromatic carbocycles. The molecule has 106 valence electrons. The molecular weight excluding hydrogens is 288 g/mol. The van der Waals surface area contributed by atoms with Crippen molar-refractivity contribution in [3.05, 3.63) is 12.4 Å². The Bertz CT molecular complexity index is 707. The van der Waals surface area contributed by atoms with Crippen molar-refractivity contribution in [3.63, 3.8) is 0 Å². The fourth-order valence-corrected chi connectivity index (χ4v) is 2.68. The number of carbonyl (C=O) groups excluding carboxylic acids is 1. The molecule has 2 aromatic rings. The number of hydrogen-bond acceptors (Lipinski definition) is 7. The number of thiazole rings is 1. The van der Waals surface area contributed by atoms with Crippen LogP contribution in [0, 0.1) is 12.3 Å². The van der Waals surface area contributed by atoms with Crippen LogP contribution in [0.1, 0.15) is 25.7 Å². The van der Waals surface area contributed by atoms with Crippen molar-refractivity contribution in [1.82, 2.24) is 15.0 Å². The first-order valence-electron chi connectivity index (χ1n) is 6.46. The summed E-state index contributed by atoms with van der Waals surface area (Å²) < 4.78 is 0. The number of fused-ring (bicyclic) bond motifs is 1. The third-order valence-corrected chi connectivity index (χ3v) is 3.97. The number of rotatable bonds is 6. The summed E-state index contributed by atoms with van der Waals surface area (Å²) >= 11 is 1.30. The monoisotopic (exact) mass is 300 g/mol. The van der Waals surface area contributed by atoms with Crippen molar-refractivity contribution in [2.24, 2.45) is 10.2 Å². The second kappa shape index (κ2) is 5.54. The molecule has 1 N–H and O–H groups in total. The minimum atomic E-state index is -0.430. The zero-order valence-corrected chi connectivity index (χ0v) is 11.9. The molecule has 0 aliphatic carbocycles. The Balaban J connectivity index is 1.53. The Morgan fingerprint density at radius 2 is 2.14 bits per heavy atom. The van der Waals surface area contributed by atoms with Gasteiger partial charge in [0.05, 0.1) is 0 Å². The molecule has 8 heteroatoms. The number of carbonyl (C=O) groups is 1. The average Bonchev–Trinajstić information content (AvgIpc) is 3.14. The predicted octanol–water partition coefficient (Wildman–Crippen LogP) is 2.38. The van der Waals surface area contributed by atoms with Gasteiger partial charge in [0.25, 0.3) is 0 Å². The molecule has 1 aliphatic rings. The van der Waals surface area contributed by atoms with E-state index in [1.54, 1.807) is 12.4 Å². The minimum absolute atomic E-state index is 0.119. The normalized spacial score (nSPS) is 14.8. The van der Waals surface area contributed by atoms with Crippen LogP contribution < -0.4 is 5.32 Å². The van der Waals surface area contributed by atoms with E-state index < -0.39 is 5.66 Å². The van der Waals surface area contributed by atoms with E-state index in [0.717, 1.165) is 0 Å². The first kappa shape index (κ1) is 13.6. The molecule has 0 unspecified atom stereocenters. The SMILES string of the molecule is C#CCCC1(CCC(=O)Nc2nc3nccnc3s2)N=N1. The second-order valence-corrected chi connectivity index (χ2v) is 5.62. The van der Waals surface area contributed by atoms with Gasteiger partial charge in [-0.1, -0.05) is 11.3 Å². The Morgan fingerprint density at radius 3 is 2.86 bits per heavy atom. The number of anilines is 1. The van der Waals surface area contributed by atoms with Gasteiger partial charge in [-0.25, -0.2) is 9.97 Å². The van der Waals surface area contributed by atoms with Gasteiger partial charge in [0.2, 0.25) is 5.91 Å². The summed E-state index contributed by atoms with van der Waals surface area (Å²) in [5, 5.41) is 11.3. The van der Waals surface area contributed by atoms with E-state index in [-0.39, 0.29) is 5.91 Å². The Labute approximate surface area is 124 Å². The van der Waals surface area contributed by atoms with Gasteiger partial charge in [-0.15, -0.1) is 12.3 Å². The van der Waals surface area contributed by atoms with E-state index in [1.165, 1.54) is 11.3 Å². The second-order valence-electron chi connectivity index (χ2n) is 4.64. The van der Waals surface area contributed by atoms with E-state index >= 15 is 0 Å². The minimum Gasteiger partial charge on any atom is -0.302 e. The maximum Gasteiger partial charge on any atom is 0.226 e. The lowest BCUT2D eigenvalue weighted by Gasteiger charge is -2.07. The first-order chi connectivity index (χ1) is 10.2. The molecule has 0 saturated carbocycles. The van der Waals surface area contributed by atoms with Crippen LogP contribution in [0.2, 0.25) is 0 Å². The van der Waals surface area contributed by atoms with E-state index in [0.29, 0.717) is 41.3 Å². The number of hydrogen-bond donors (Lipinski definition) is 1. The van der Waals surface area contributed by atoms with Crippen LogP contribution >= 0.6 is 11.3 Å². The van der Waals surface area contributed by atoms with Gasteiger partial charge in [-0.05, 0) is 0 Å². The van der Waals surface area contributed by atoms with Crippen molar-refractivity contribution in [2.45, 2.75) is 31.3 Å². The lowest BCUT2D eigenvalue weighted by molar-refractivity contribution is -0.116. The molecule has 3 rings (SSSR count). The molecular formula is C13H12N6OS. The molecule has 1 amide bonds. The van der Waals surface area contributed by atoms with Crippen molar-refractivity contribution < 1.29 is 4.79 Å². The molecule has 0 radical (unpaired) electrons. The van der Waals surface area contributed by atoms with Gasteiger partial charge in [0.15, 0.2) is 21.3 Å². The molecule has 0 spiro atoms. The number of terminal acetylenes is 1. The molecule has 0 fully saturated rings. The first-order valence-corrected chi connectivity index (χ1v) is 7.27. The highest BCUT2D eigenvalue weighted by molar-refractivity contribution is 7.21. The molecule has 0 atom stereocenters. The Hall–Kier alpha value is -2.40. The van der Waals surface area contributed by atoms with Crippen LogP contribution in [0.15, 0.2) is 22.6 Å². The van der Waals surface area contributed by atoms with E-state index in [9.17, 15) is 4.79 Å². The van der Waals surface area contributed by atoms with Gasteiger partial charge in [0, 0.05) is 38.1 Å². The van der Waals surface area contributed by atoms with Gasteiger partial charge in [-0.3, -0.25) is 4.79 Å². The van der Waals surface area contributed by atoms with E-state index in [4.69, 9.17) is 6.42 Å². The smallest absolute Gasteiger partial charge is 0.226 e. The predicted molar refractivity (Wildman–Crippen MR) is 78.7 cm³/mol. The summed E-state index contributed by atoms with van der Waals surface area (Å²) in [5.41, 5.74) is 0.107. The van der Waals surface area contributed by atoms with Crippen LogP contribution in [0.3, 0.4) is 0 Å². The van der Waals surface area contributed by atoms with E-state index in [2.05, 4.69) is 36.4 Å². The summed E-state index contributed by atoms with van der Waals surface area (Å²) in [6, 6.07) is 0. The maximum absolute atomic E-state index is 11.9. The summed E-state index contributed by atoms with van der Waals surface area (Å²) in [7, 11) is 0. The van der Waals surface area contributed by atoms with Gasteiger partial charge in [0.1, 0.15) is 0 Å². The average molecular weight is 300 g/mol. The highest BCUT2D eigenvalue weighted by atomic mass is 32.1. The summed E-state index contributed by atoms with van der Waals surface area (Å²) in [5.74, 6) is 2.44. The standard InChI is InChI=1S/C13H12N6OS/c1-2-3-5-13(18-19-13)6-4-9(20)16-12-17-10-11(21-12)15-8-7-14-10/h1,7-8H,3-6H2,(H,14,16,17,20). The quantitative estimate of drug-likeness (QED) is 0.829. The van der Waals surface area contributed by atoms with Crippen molar-refractivity contribution in [3.8, 4) is 12.3 Å². The zero-order valence-electron chi connectivity index (χ0n) is 11.1. The number of amides is 1. The van der Waals surface area contributed by atoms with Crippen LogP contribution in [-0.4, -0.2) is 26.5 Å². The summed E-state index contributed by atoms with van der Waals surface area (Å²) in [6.07, 6.45) is 10.6. The fraction of sp³-hybridized carbons (Fsp3) is 0.385. The topological polar surface area (TPSA) is 92.5 Å². The van der Waals surface area contributed by atoms with Gasteiger partial charge < -0.3 is 5.32 Å². The molecule has 0 bridgehead atoms. The lowest BCUT2D eigenvalue weighted by Crippen LogP contribution is -2.17. The summed E-state index contributed by atoms with van der Waals surface area (Å²) in [4.78, 5) is 25.0. The third-order valence-electron chi connectivity index (χ3n) is 3.10. The fourth-order valence-electron chi connectivity index (χ4n) is 1.89. The number of aromatic nitrogens is 3. The van der Waals surface area contributed by atoms with Crippen molar-refractivity contribution in [1.29, 1.82) is 0 Å². The van der Waals surface area contributed by atoms with Gasteiger partial charge in [-0.2, -0.15) is 15.2 Å². The number of nitrogens with one attached hydrogen (secondary N) is 1. The zero-order chi connectivity index (χ0) is 14.7. The highest BCUT2D eigenvalue weighted by Gasteiger charge is 2.39. The highest BCUT2D eigenvalue weighted by Crippen LogP contribution is 2.37. The summed E-state index contributed by atoms with van der Waals surface area (Å²) in [6.45, 7) is 0. The van der Waals surface area contributed by atoms with Crippen LogP contribution in [0.25, 0.3) is 10.5 Å². The molecule has 2 aromatic heterocycles. The van der Waals surface area contributed by atoms with E-state index in [1.807, 2.05) is 0 Å². The van der Waals surface area contributed by atoms with Crippen LogP contribution in [-0.2, 0) is 4.79 Å². The molecule has 7 nitrogen and oxygen atoms in total. The van der Waals surface area contributed by atoms with Crippen LogP contribution in [0.4, 0.5) is 5.13 Å². The Morgan fingerprint density at radius 1 is 1.33 bits per heavy atom. The van der Waals surface area contributed by atoms with Crippen molar-refractivity contribution >= 4 is 32.9 Å². The largest absolute Gasteiger partial charge is 0.302 e. The van der Waals surface area contributed by atoms with Crippen LogP contribution in [0.5, 0.6) is 0 Å². The molecule has 21 heavy (non-hydrogen) atoms. The molecule has 1 aliphatic heterocycles. The van der Waals surface area contributed by atoms with Gasteiger partial charge >= 0.3 is 0 Å². The molecule has 3 heterocycles.